The van der Waals surface area contributed by atoms with Crippen molar-refractivity contribution in [3.63, 3.8) is 0 Å². The maximum atomic E-state index is 12.2. The van der Waals surface area contributed by atoms with Gasteiger partial charge in [0.2, 0.25) is 5.91 Å². The average molecular weight is 268 g/mol. The molecular weight excluding hydrogens is 263 g/mol. The Morgan fingerprint density at radius 1 is 1.36 bits per heavy atom. The molecule has 0 unspecified atom stereocenters. The van der Waals surface area contributed by atoms with Crippen molar-refractivity contribution in [2.75, 3.05) is 0 Å². The zero-order valence-corrected chi connectivity index (χ0v) is 8.32. The molecule has 14 heavy (non-hydrogen) atoms. The van der Waals surface area contributed by atoms with Crippen LogP contribution in [0, 0.1) is 0 Å². The van der Waals surface area contributed by atoms with Gasteiger partial charge in [0.1, 0.15) is 0 Å². The molecule has 1 aromatic carbocycles. The molecule has 0 aromatic heterocycles. The van der Waals surface area contributed by atoms with E-state index in [1.807, 2.05) is 0 Å². The number of primary amides is 1. The number of hydrogen-bond acceptors (Lipinski definition) is 1. The number of alkyl halides is 3. The molecule has 0 aliphatic rings. The van der Waals surface area contributed by atoms with E-state index < -0.39 is 17.6 Å². The van der Waals surface area contributed by atoms with Gasteiger partial charge in [0, 0.05) is 10.0 Å². The quantitative estimate of drug-likeness (QED) is 0.835. The van der Waals surface area contributed by atoms with Crippen molar-refractivity contribution in [1.29, 1.82) is 0 Å². The van der Waals surface area contributed by atoms with Gasteiger partial charge in [-0.15, -0.1) is 0 Å². The number of amides is 1. The van der Waals surface area contributed by atoms with Crippen molar-refractivity contribution in [3.8, 4) is 0 Å². The molecular formula is C8H5BrF3NO. The summed E-state index contributed by atoms with van der Waals surface area (Å²) in [6.45, 7) is 0. The van der Waals surface area contributed by atoms with Gasteiger partial charge in [0.05, 0.1) is 5.56 Å². The fraction of sp³-hybridized carbons (Fsp3) is 0.125. The summed E-state index contributed by atoms with van der Waals surface area (Å²) in [6.07, 6.45) is -4.44. The number of carbonyl (C=O) groups is 1. The van der Waals surface area contributed by atoms with E-state index in [0.29, 0.717) is 0 Å². The van der Waals surface area contributed by atoms with Gasteiger partial charge in [-0.25, -0.2) is 0 Å². The maximum absolute atomic E-state index is 12.2. The van der Waals surface area contributed by atoms with E-state index in [1.165, 1.54) is 0 Å². The lowest BCUT2D eigenvalue weighted by atomic mass is 10.1. The van der Waals surface area contributed by atoms with Crippen LogP contribution in [0.1, 0.15) is 15.9 Å². The van der Waals surface area contributed by atoms with Crippen molar-refractivity contribution < 1.29 is 18.0 Å². The molecule has 0 aliphatic heterocycles. The third-order valence-corrected chi connectivity index (χ3v) is 2.22. The Labute approximate surface area is 86.0 Å². The van der Waals surface area contributed by atoms with E-state index in [4.69, 9.17) is 5.73 Å². The molecule has 1 rings (SSSR count). The predicted molar refractivity (Wildman–Crippen MR) is 47.7 cm³/mol. The van der Waals surface area contributed by atoms with Crippen LogP contribution < -0.4 is 5.73 Å². The lowest BCUT2D eigenvalue weighted by Gasteiger charge is -2.09. The fourth-order valence-electron chi connectivity index (χ4n) is 0.898. The molecule has 0 heterocycles. The van der Waals surface area contributed by atoms with Gasteiger partial charge in [0.15, 0.2) is 0 Å². The predicted octanol–water partition coefficient (Wildman–Crippen LogP) is 2.57. The highest BCUT2D eigenvalue weighted by atomic mass is 79.9. The standard InChI is InChI=1S/C8H5BrF3NO/c9-6-3-4(7(13)14)1-2-5(6)8(10,11)12/h1-3H,(H2,13,14). The first-order valence-corrected chi connectivity index (χ1v) is 4.28. The van der Waals surface area contributed by atoms with Crippen LogP contribution in [0.2, 0.25) is 0 Å². The highest BCUT2D eigenvalue weighted by Crippen LogP contribution is 2.34. The third-order valence-electron chi connectivity index (χ3n) is 1.56. The van der Waals surface area contributed by atoms with Crippen molar-refractivity contribution in [2.45, 2.75) is 6.18 Å². The minimum absolute atomic E-state index is 0.0323. The van der Waals surface area contributed by atoms with E-state index in [9.17, 15) is 18.0 Å². The van der Waals surface area contributed by atoms with Gasteiger partial charge in [-0.3, -0.25) is 4.79 Å². The summed E-state index contributed by atoms with van der Waals surface area (Å²) in [4.78, 5) is 10.6. The summed E-state index contributed by atoms with van der Waals surface area (Å²) < 4.78 is 36.5. The van der Waals surface area contributed by atoms with Crippen LogP contribution in [0.25, 0.3) is 0 Å². The highest BCUT2D eigenvalue weighted by Gasteiger charge is 2.32. The molecule has 0 atom stereocenters. The van der Waals surface area contributed by atoms with Crippen LogP contribution in [0.4, 0.5) is 13.2 Å². The topological polar surface area (TPSA) is 43.1 Å². The maximum Gasteiger partial charge on any atom is 0.417 e. The number of carbonyl (C=O) groups excluding carboxylic acids is 1. The third kappa shape index (κ3) is 2.25. The van der Waals surface area contributed by atoms with Crippen molar-refractivity contribution in [3.05, 3.63) is 33.8 Å². The van der Waals surface area contributed by atoms with Gasteiger partial charge in [-0.1, -0.05) is 15.9 Å². The van der Waals surface area contributed by atoms with Gasteiger partial charge < -0.3 is 5.73 Å². The van der Waals surface area contributed by atoms with Gasteiger partial charge in [0.25, 0.3) is 0 Å². The van der Waals surface area contributed by atoms with Crippen LogP contribution in [0.3, 0.4) is 0 Å². The molecule has 0 saturated heterocycles. The summed E-state index contributed by atoms with van der Waals surface area (Å²) in [5, 5.41) is 0. The monoisotopic (exact) mass is 267 g/mol. The Bertz CT molecular complexity index is 375. The number of halogens is 4. The minimum atomic E-state index is -4.44. The summed E-state index contributed by atoms with van der Waals surface area (Å²) >= 11 is 2.72. The molecule has 2 N–H and O–H groups in total. The molecule has 1 amide bonds. The Hall–Kier alpha value is -1.04. The largest absolute Gasteiger partial charge is 0.417 e. The highest BCUT2D eigenvalue weighted by molar-refractivity contribution is 9.10. The molecule has 0 saturated carbocycles. The number of rotatable bonds is 1. The smallest absolute Gasteiger partial charge is 0.366 e. The summed E-state index contributed by atoms with van der Waals surface area (Å²) in [5.74, 6) is -0.764. The van der Waals surface area contributed by atoms with Crippen LogP contribution >= 0.6 is 15.9 Å². The first kappa shape index (κ1) is 11.0. The lowest BCUT2D eigenvalue weighted by molar-refractivity contribution is -0.138. The molecule has 1 aromatic rings. The molecule has 0 aliphatic carbocycles. The average Bonchev–Trinajstić information content (AvgIpc) is 2.01. The van der Waals surface area contributed by atoms with E-state index in [0.717, 1.165) is 18.2 Å². The molecule has 76 valence electrons. The zero-order chi connectivity index (χ0) is 10.9. The SMILES string of the molecule is NC(=O)c1ccc(C(F)(F)F)c(Br)c1. The van der Waals surface area contributed by atoms with Gasteiger partial charge >= 0.3 is 6.18 Å². The lowest BCUT2D eigenvalue weighted by Crippen LogP contribution is -2.12. The second-order valence-electron chi connectivity index (χ2n) is 2.56. The summed E-state index contributed by atoms with van der Waals surface area (Å²) in [6, 6.07) is 2.89. The van der Waals surface area contributed by atoms with E-state index in [-0.39, 0.29) is 10.0 Å². The van der Waals surface area contributed by atoms with E-state index in [2.05, 4.69) is 15.9 Å². The summed E-state index contributed by atoms with van der Waals surface area (Å²) in [7, 11) is 0. The van der Waals surface area contributed by atoms with E-state index in [1.54, 1.807) is 0 Å². The van der Waals surface area contributed by atoms with Crippen molar-refractivity contribution in [2.24, 2.45) is 5.73 Å². The van der Waals surface area contributed by atoms with Crippen LogP contribution in [-0.4, -0.2) is 5.91 Å². The Morgan fingerprint density at radius 3 is 2.29 bits per heavy atom. The second-order valence-corrected chi connectivity index (χ2v) is 3.41. The Balaban J connectivity index is 3.21. The van der Waals surface area contributed by atoms with Crippen LogP contribution in [-0.2, 0) is 6.18 Å². The molecule has 0 fully saturated rings. The van der Waals surface area contributed by atoms with Gasteiger partial charge in [-0.2, -0.15) is 13.2 Å². The Morgan fingerprint density at radius 2 is 1.93 bits per heavy atom. The van der Waals surface area contributed by atoms with Crippen molar-refractivity contribution in [1.82, 2.24) is 0 Å². The second kappa shape index (κ2) is 3.61. The molecule has 0 spiro atoms. The number of hydrogen-bond donors (Lipinski definition) is 1. The number of nitrogens with two attached hydrogens (primary N) is 1. The number of benzene rings is 1. The first-order valence-electron chi connectivity index (χ1n) is 3.49. The van der Waals surface area contributed by atoms with Crippen LogP contribution in [0.15, 0.2) is 22.7 Å². The first-order chi connectivity index (χ1) is 6.32. The zero-order valence-electron chi connectivity index (χ0n) is 6.73. The van der Waals surface area contributed by atoms with Crippen LogP contribution in [0.5, 0.6) is 0 Å². The molecule has 0 bridgehead atoms. The minimum Gasteiger partial charge on any atom is -0.366 e. The summed E-state index contributed by atoms with van der Waals surface area (Å²) in [5.41, 5.74) is 4.10. The van der Waals surface area contributed by atoms with Crippen molar-refractivity contribution >= 4 is 21.8 Å². The van der Waals surface area contributed by atoms with Gasteiger partial charge in [-0.05, 0) is 18.2 Å². The Kier molecular flexibility index (Phi) is 2.84. The molecule has 6 heteroatoms. The normalized spacial score (nSPS) is 11.4. The molecule has 0 radical (unpaired) electrons. The molecule has 2 nitrogen and oxygen atoms in total. The van der Waals surface area contributed by atoms with E-state index >= 15 is 0 Å². The fourth-order valence-corrected chi connectivity index (χ4v) is 1.50.